The fourth-order valence-electron chi connectivity index (χ4n) is 5.26. The number of aryl methyl sites for hydroxylation is 1. The van der Waals surface area contributed by atoms with E-state index in [2.05, 4.69) is 21.5 Å². The fraction of sp³-hybridized carbons (Fsp3) is 0.273. The number of halogens is 2. The van der Waals surface area contributed by atoms with Crippen molar-refractivity contribution in [2.75, 3.05) is 0 Å². The van der Waals surface area contributed by atoms with Crippen molar-refractivity contribution in [3.05, 3.63) is 107 Å². The highest BCUT2D eigenvalue weighted by atomic mass is 19.1. The Bertz CT molecular complexity index is 1810. The van der Waals surface area contributed by atoms with Gasteiger partial charge in [0.2, 0.25) is 0 Å². The molecular weight excluding hydrogens is 538 g/mol. The molecule has 1 saturated carbocycles. The highest BCUT2D eigenvalue weighted by Gasteiger charge is 2.41. The summed E-state index contributed by atoms with van der Waals surface area (Å²) in [7, 11) is 0. The van der Waals surface area contributed by atoms with Gasteiger partial charge in [-0.2, -0.15) is 4.98 Å². The zero-order chi connectivity index (χ0) is 29.4. The van der Waals surface area contributed by atoms with Crippen LogP contribution in [0.2, 0.25) is 0 Å². The van der Waals surface area contributed by atoms with E-state index in [0.29, 0.717) is 40.3 Å². The van der Waals surface area contributed by atoms with E-state index in [0.717, 1.165) is 30.3 Å². The first-order chi connectivity index (χ1) is 20.2. The Morgan fingerprint density at radius 1 is 1.00 bits per heavy atom. The maximum atomic E-state index is 15.5. The summed E-state index contributed by atoms with van der Waals surface area (Å²) in [4.78, 5) is 24.9. The van der Waals surface area contributed by atoms with Crippen LogP contribution in [0.5, 0.6) is 6.01 Å². The van der Waals surface area contributed by atoms with Crippen molar-refractivity contribution in [3.63, 3.8) is 0 Å². The van der Waals surface area contributed by atoms with E-state index in [1.54, 1.807) is 48.5 Å². The number of aromatic carboxylic acids is 1. The van der Waals surface area contributed by atoms with Gasteiger partial charge in [-0.05, 0) is 79.1 Å². The SMILES string of the molecule is CCC1(Cn2c(Cc3ccc(-c4ccnc(OCc5ccc(C)cc5F)n4)cc3F)nc3ccc(C(=O)O)cc32)CC1. The molecule has 3 aromatic carbocycles. The number of rotatable bonds is 10. The Kier molecular flexibility index (Phi) is 7.18. The van der Waals surface area contributed by atoms with Gasteiger partial charge in [0.15, 0.2) is 0 Å². The number of carbonyl (C=O) groups is 1. The van der Waals surface area contributed by atoms with Crippen LogP contribution in [-0.2, 0) is 19.6 Å². The van der Waals surface area contributed by atoms with Gasteiger partial charge < -0.3 is 14.4 Å². The largest absolute Gasteiger partial charge is 0.478 e. The van der Waals surface area contributed by atoms with Crippen molar-refractivity contribution in [3.8, 4) is 17.3 Å². The number of carboxylic acid groups (broad SMARTS) is 1. The van der Waals surface area contributed by atoms with Crippen LogP contribution < -0.4 is 4.74 Å². The quantitative estimate of drug-likeness (QED) is 0.193. The van der Waals surface area contributed by atoms with Crippen molar-refractivity contribution >= 4 is 17.0 Å². The molecule has 1 aliphatic rings. The van der Waals surface area contributed by atoms with E-state index in [1.165, 1.54) is 18.3 Å². The van der Waals surface area contributed by atoms with Gasteiger partial charge in [-0.3, -0.25) is 0 Å². The number of hydrogen-bond acceptors (Lipinski definition) is 5. The number of ether oxygens (including phenoxy) is 1. The summed E-state index contributed by atoms with van der Waals surface area (Å²) in [6.07, 6.45) is 5.00. The molecule has 0 radical (unpaired) electrons. The van der Waals surface area contributed by atoms with Crippen molar-refractivity contribution < 1.29 is 23.4 Å². The number of nitrogens with zero attached hydrogens (tertiary/aromatic N) is 4. The van der Waals surface area contributed by atoms with Crippen molar-refractivity contribution in [1.29, 1.82) is 0 Å². The van der Waals surface area contributed by atoms with Gasteiger partial charge in [0.05, 0.1) is 22.3 Å². The molecular formula is C33H30F2N4O3. The molecule has 7 nitrogen and oxygen atoms in total. The minimum absolute atomic E-state index is 0.0306. The molecule has 5 aromatic rings. The van der Waals surface area contributed by atoms with Crippen LogP contribution in [0, 0.1) is 24.0 Å². The molecule has 9 heteroatoms. The molecule has 0 amide bonds. The summed E-state index contributed by atoms with van der Waals surface area (Å²) in [5, 5.41) is 9.53. The Morgan fingerprint density at radius 2 is 1.79 bits per heavy atom. The Labute approximate surface area is 241 Å². The molecule has 0 aliphatic heterocycles. The lowest BCUT2D eigenvalue weighted by molar-refractivity contribution is 0.0697. The second-order valence-electron chi connectivity index (χ2n) is 11.1. The number of carboxylic acids is 1. The lowest BCUT2D eigenvalue weighted by Crippen LogP contribution is -2.14. The Balaban J connectivity index is 1.25. The number of hydrogen-bond donors (Lipinski definition) is 1. The third kappa shape index (κ3) is 5.59. The van der Waals surface area contributed by atoms with Gasteiger partial charge in [0.1, 0.15) is 24.1 Å². The first kappa shape index (κ1) is 27.5. The van der Waals surface area contributed by atoms with Crippen LogP contribution in [0.1, 0.15) is 59.1 Å². The lowest BCUT2D eigenvalue weighted by atomic mass is 10.0. The summed E-state index contributed by atoms with van der Waals surface area (Å²) in [5.74, 6) is -1.07. The van der Waals surface area contributed by atoms with Crippen LogP contribution in [0.15, 0.2) is 66.9 Å². The predicted octanol–water partition coefficient (Wildman–Crippen LogP) is 7.14. The molecule has 2 heterocycles. The molecule has 1 fully saturated rings. The highest BCUT2D eigenvalue weighted by Crippen LogP contribution is 2.50. The Hall–Kier alpha value is -4.66. The van der Waals surface area contributed by atoms with Crippen molar-refractivity contribution in [1.82, 2.24) is 19.5 Å². The highest BCUT2D eigenvalue weighted by molar-refractivity contribution is 5.92. The molecule has 0 atom stereocenters. The van der Waals surface area contributed by atoms with Crippen LogP contribution in [0.4, 0.5) is 8.78 Å². The zero-order valence-corrected chi connectivity index (χ0v) is 23.4. The normalized spacial score (nSPS) is 13.8. The molecule has 1 aliphatic carbocycles. The molecule has 2 aromatic heterocycles. The maximum Gasteiger partial charge on any atom is 0.335 e. The van der Waals surface area contributed by atoms with E-state index in [-0.39, 0.29) is 35.8 Å². The first-order valence-corrected chi connectivity index (χ1v) is 14.0. The van der Waals surface area contributed by atoms with Crippen molar-refractivity contribution in [2.24, 2.45) is 5.41 Å². The smallest absolute Gasteiger partial charge is 0.335 e. The van der Waals surface area contributed by atoms with Gasteiger partial charge in [-0.25, -0.2) is 23.5 Å². The summed E-state index contributed by atoms with van der Waals surface area (Å²) in [6, 6.07) is 16.5. The number of aromatic nitrogens is 4. The standard InChI is InChI=1S/C33H30F2N4O3/c1-3-33(11-12-33)19-39-29-16-23(31(40)41)8-9-28(29)37-30(39)17-21-6-7-22(15-26(21)35)27-10-13-36-32(38-27)42-18-24-5-4-20(2)14-25(24)34/h4-10,13-16H,3,11-12,17-19H2,1-2H3,(H,40,41). The number of benzene rings is 3. The second kappa shape index (κ2) is 11.0. The summed E-state index contributed by atoms with van der Waals surface area (Å²) < 4.78 is 37.4. The van der Waals surface area contributed by atoms with E-state index in [4.69, 9.17) is 9.72 Å². The van der Waals surface area contributed by atoms with Crippen LogP contribution >= 0.6 is 0 Å². The van der Waals surface area contributed by atoms with Gasteiger partial charge in [0.25, 0.3) is 0 Å². The van der Waals surface area contributed by atoms with E-state index in [9.17, 15) is 14.3 Å². The molecule has 1 N–H and O–H groups in total. The third-order valence-corrected chi connectivity index (χ3v) is 8.17. The minimum atomic E-state index is -0.995. The predicted molar refractivity (Wildman–Crippen MR) is 154 cm³/mol. The van der Waals surface area contributed by atoms with Crippen LogP contribution in [-0.4, -0.2) is 30.6 Å². The molecule has 6 rings (SSSR count). The third-order valence-electron chi connectivity index (χ3n) is 8.17. The Morgan fingerprint density at radius 3 is 2.50 bits per heavy atom. The lowest BCUT2D eigenvalue weighted by Gasteiger charge is -2.17. The fourth-order valence-corrected chi connectivity index (χ4v) is 5.26. The molecule has 42 heavy (non-hydrogen) atoms. The van der Waals surface area contributed by atoms with Gasteiger partial charge in [-0.1, -0.05) is 31.2 Å². The van der Waals surface area contributed by atoms with E-state index >= 15 is 4.39 Å². The first-order valence-electron chi connectivity index (χ1n) is 14.0. The maximum absolute atomic E-state index is 15.5. The molecule has 0 unspecified atom stereocenters. The number of fused-ring (bicyclic) bond motifs is 1. The zero-order valence-electron chi connectivity index (χ0n) is 23.4. The molecule has 0 spiro atoms. The van der Waals surface area contributed by atoms with Crippen molar-refractivity contribution in [2.45, 2.75) is 52.7 Å². The average Bonchev–Trinajstić information content (AvgIpc) is 3.68. The van der Waals surface area contributed by atoms with Crippen LogP contribution in [0.25, 0.3) is 22.3 Å². The van der Waals surface area contributed by atoms with Gasteiger partial charge in [0, 0.05) is 30.3 Å². The van der Waals surface area contributed by atoms with E-state index in [1.807, 2.05) is 6.92 Å². The topological polar surface area (TPSA) is 90.1 Å². The van der Waals surface area contributed by atoms with Crippen LogP contribution in [0.3, 0.4) is 0 Å². The molecule has 214 valence electrons. The minimum Gasteiger partial charge on any atom is -0.478 e. The summed E-state index contributed by atoms with van der Waals surface area (Å²) in [5.41, 5.74) is 4.51. The second-order valence-corrected chi connectivity index (χ2v) is 11.1. The monoisotopic (exact) mass is 568 g/mol. The van der Waals surface area contributed by atoms with Gasteiger partial charge in [-0.15, -0.1) is 0 Å². The molecule has 0 bridgehead atoms. The summed E-state index contributed by atoms with van der Waals surface area (Å²) >= 11 is 0. The molecule has 0 saturated heterocycles. The number of imidazole rings is 1. The van der Waals surface area contributed by atoms with E-state index < -0.39 is 11.8 Å². The average molecular weight is 569 g/mol. The van der Waals surface area contributed by atoms with Gasteiger partial charge >= 0.3 is 12.0 Å². The summed E-state index contributed by atoms with van der Waals surface area (Å²) in [6.45, 7) is 4.66.